The Balaban J connectivity index is 2.54. The Bertz CT molecular complexity index is 730. The van der Waals surface area contributed by atoms with Crippen LogP contribution in [0.3, 0.4) is 0 Å². The van der Waals surface area contributed by atoms with E-state index in [0.717, 1.165) is 5.56 Å². The Kier molecular flexibility index (Phi) is 6.83. The summed E-state index contributed by atoms with van der Waals surface area (Å²) in [4.78, 5) is 7.71. The van der Waals surface area contributed by atoms with Crippen LogP contribution >= 0.6 is 11.8 Å². The number of hydrogen-bond donors (Lipinski definition) is 3. The monoisotopic (exact) mass is 384 g/mol. The summed E-state index contributed by atoms with van der Waals surface area (Å²) in [6.07, 6.45) is 1.40. The van der Waals surface area contributed by atoms with Gasteiger partial charge in [-0.1, -0.05) is 0 Å². The van der Waals surface area contributed by atoms with Gasteiger partial charge in [0.15, 0.2) is 11.8 Å². The Morgan fingerprint density at radius 2 is 1.96 bits per heavy atom. The number of nitrogens with two attached hydrogens (primary N) is 3. The zero-order valence-corrected chi connectivity index (χ0v) is 13.8. The summed E-state index contributed by atoms with van der Waals surface area (Å²) in [7, 11) is -5.60. The molecule has 24 heavy (non-hydrogen) atoms. The van der Waals surface area contributed by atoms with E-state index in [0.29, 0.717) is 11.6 Å². The first-order chi connectivity index (χ1) is 11.0. The minimum atomic E-state index is -5.60. The molecule has 0 aliphatic carbocycles. The molecule has 13 heteroatoms. The summed E-state index contributed by atoms with van der Waals surface area (Å²) in [5.74, 6) is 0.348. The van der Waals surface area contributed by atoms with E-state index < -0.39 is 21.4 Å². The number of rotatable bonds is 7. The second-order valence-electron chi connectivity index (χ2n) is 4.36. The van der Waals surface area contributed by atoms with Crippen molar-refractivity contribution in [2.75, 3.05) is 5.75 Å². The van der Waals surface area contributed by atoms with E-state index >= 15 is 0 Å². The van der Waals surface area contributed by atoms with Crippen LogP contribution < -0.4 is 17.2 Å². The predicted molar refractivity (Wildman–Crippen MR) is 87.1 cm³/mol. The average Bonchev–Trinajstić information content (AvgIpc) is 2.41. The van der Waals surface area contributed by atoms with E-state index in [2.05, 4.69) is 14.4 Å². The standard InChI is InChI=1S/C11H15F3N6O2S2/c12-11(13,14)24(21,22)20-8(15)2-4-23-6-7-1-3-18-9(5-7)19-10(16)17/h1,3,5H,2,4,6H2,(H2,15,20)(H4,16,17,18,19). The lowest BCUT2D eigenvalue weighted by atomic mass is 10.3. The quantitative estimate of drug-likeness (QED) is 0.358. The van der Waals surface area contributed by atoms with Crippen LogP contribution in [0.1, 0.15) is 12.0 Å². The third-order valence-electron chi connectivity index (χ3n) is 2.35. The maximum absolute atomic E-state index is 12.1. The second-order valence-corrected chi connectivity index (χ2v) is 7.07. The fourth-order valence-electron chi connectivity index (χ4n) is 1.36. The number of pyridine rings is 1. The summed E-state index contributed by atoms with van der Waals surface area (Å²) in [6, 6.07) is 3.35. The van der Waals surface area contributed by atoms with E-state index in [1.807, 2.05) is 0 Å². The highest BCUT2D eigenvalue weighted by Crippen LogP contribution is 2.24. The van der Waals surface area contributed by atoms with Gasteiger partial charge < -0.3 is 17.2 Å². The number of amidine groups is 1. The lowest BCUT2D eigenvalue weighted by molar-refractivity contribution is -0.0435. The molecule has 0 spiro atoms. The largest absolute Gasteiger partial charge is 0.518 e. The third-order valence-corrected chi connectivity index (χ3v) is 4.44. The van der Waals surface area contributed by atoms with Crippen molar-refractivity contribution in [3.8, 4) is 0 Å². The van der Waals surface area contributed by atoms with Crippen LogP contribution in [0, 0.1) is 0 Å². The summed E-state index contributed by atoms with van der Waals surface area (Å²) in [5, 5.41) is 0. The van der Waals surface area contributed by atoms with Gasteiger partial charge in [0.2, 0.25) is 0 Å². The highest BCUT2D eigenvalue weighted by atomic mass is 32.2. The Morgan fingerprint density at radius 3 is 2.54 bits per heavy atom. The van der Waals surface area contributed by atoms with E-state index in [4.69, 9.17) is 17.2 Å². The van der Waals surface area contributed by atoms with Crippen molar-refractivity contribution in [3.05, 3.63) is 23.9 Å². The molecule has 0 aromatic carbocycles. The Morgan fingerprint density at radius 1 is 1.29 bits per heavy atom. The SMILES string of the molecule is NC(N)=Nc1cc(CSCCC(N)=NS(=O)(=O)C(F)(F)F)ccn1. The number of nitrogens with zero attached hydrogens (tertiary/aromatic N) is 3. The van der Waals surface area contributed by atoms with Gasteiger partial charge in [-0.3, -0.25) is 0 Å². The molecule has 1 aromatic rings. The molecule has 0 saturated heterocycles. The van der Waals surface area contributed by atoms with Gasteiger partial charge in [0.1, 0.15) is 5.84 Å². The van der Waals surface area contributed by atoms with Crippen LogP contribution in [0.25, 0.3) is 0 Å². The minimum Gasteiger partial charge on any atom is -0.386 e. The highest BCUT2D eigenvalue weighted by Gasteiger charge is 2.46. The van der Waals surface area contributed by atoms with Crippen molar-refractivity contribution in [1.82, 2.24) is 4.98 Å². The second kappa shape index (κ2) is 8.19. The van der Waals surface area contributed by atoms with Crippen molar-refractivity contribution in [3.63, 3.8) is 0 Å². The lowest BCUT2D eigenvalue weighted by Crippen LogP contribution is -2.25. The molecule has 134 valence electrons. The smallest absolute Gasteiger partial charge is 0.386 e. The number of hydrogen-bond acceptors (Lipinski definition) is 5. The van der Waals surface area contributed by atoms with Gasteiger partial charge in [-0.05, 0) is 17.7 Å². The number of alkyl halides is 3. The lowest BCUT2D eigenvalue weighted by Gasteiger charge is -2.05. The van der Waals surface area contributed by atoms with Crippen molar-refractivity contribution in [2.24, 2.45) is 26.6 Å². The van der Waals surface area contributed by atoms with Crippen molar-refractivity contribution < 1.29 is 21.6 Å². The number of halogens is 3. The molecule has 0 amide bonds. The number of thioether (sulfide) groups is 1. The molecule has 6 N–H and O–H groups in total. The molecule has 0 aliphatic heterocycles. The summed E-state index contributed by atoms with van der Waals surface area (Å²) in [5.41, 5.74) is 11.1. The van der Waals surface area contributed by atoms with Crippen LogP contribution in [0.15, 0.2) is 27.7 Å². The number of sulfonamides is 1. The summed E-state index contributed by atoms with van der Waals surface area (Å²) >= 11 is 1.32. The first-order valence-corrected chi connectivity index (χ1v) is 8.88. The Hall–Kier alpha value is -2.02. The summed E-state index contributed by atoms with van der Waals surface area (Å²) in [6.45, 7) is 0. The zero-order valence-electron chi connectivity index (χ0n) is 12.2. The molecule has 0 saturated carbocycles. The van der Waals surface area contributed by atoms with E-state index in [-0.39, 0.29) is 18.1 Å². The third kappa shape index (κ3) is 6.62. The van der Waals surface area contributed by atoms with Gasteiger partial charge in [-0.2, -0.15) is 38.3 Å². The predicted octanol–water partition coefficient (Wildman–Crippen LogP) is 0.817. The molecule has 8 nitrogen and oxygen atoms in total. The van der Waals surface area contributed by atoms with Crippen molar-refractivity contribution >= 4 is 39.4 Å². The molecule has 1 rings (SSSR count). The number of guanidine groups is 1. The molecular formula is C11H15F3N6O2S2. The maximum atomic E-state index is 12.1. The highest BCUT2D eigenvalue weighted by molar-refractivity contribution is 7.98. The van der Waals surface area contributed by atoms with Crippen LogP contribution in [0.2, 0.25) is 0 Å². The van der Waals surface area contributed by atoms with Crippen LogP contribution in [-0.2, 0) is 15.8 Å². The fraction of sp³-hybridized carbons (Fsp3) is 0.364. The van der Waals surface area contributed by atoms with Gasteiger partial charge in [-0.25, -0.2) is 4.98 Å². The first-order valence-electron chi connectivity index (χ1n) is 6.29. The van der Waals surface area contributed by atoms with Crippen LogP contribution in [0.5, 0.6) is 0 Å². The summed E-state index contributed by atoms with van der Waals surface area (Å²) < 4.78 is 60.6. The molecular weight excluding hydrogens is 369 g/mol. The molecule has 0 unspecified atom stereocenters. The van der Waals surface area contributed by atoms with Gasteiger partial charge in [-0.15, -0.1) is 4.40 Å². The first kappa shape index (κ1) is 20.0. The van der Waals surface area contributed by atoms with Gasteiger partial charge in [0.25, 0.3) is 0 Å². The number of aromatic nitrogens is 1. The van der Waals surface area contributed by atoms with Crippen LogP contribution in [0.4, 0.5) is 19.0 Å². The van der Waals surface area contributed by atoms with E-state index in [1.165, 1.54) is 18.0 Å². The minimum absolute atomic E-state index is 0.105. The normalized spacial score (nSPS) is 12.9. The zero-order chi connectivity index (χ0) is 18.4. The molecule has 0 radical (unpaired) electrons. The fourth-order valence-corrected chi connectivity index (χ4v) is 2.78. The van der Waals surface area contributed by atoms with Crippen LogP contribution in [-0.4, -0.2) is 36.5 Å². The molecule has 0 aliphatic rings. The maximum Gasteiger partial charge on any atom is 0.518 e. The topological polar surface area (TPSA) is 150 Å². The molecule has 1 aromatic heterocycles. The average molecular weight is 384 g/mol. The van der Waals surface area contributed by atoms with E-state index in [9.17, 15) is 21.6 Å². The molecule has 0 bridgehead atoms. The van der Waals surface area contributed by atoms with Crippen molar-refractivity contribution in [1.29, 1.82) is 0 Å². The van der Waals surface area contributed by atoms with Gasteiger partial charge >= 0.3 is 15.5 Å². The van der Waals surface area contributed by atoms with E-state index in [1.54, 1.807) is 12.1 Å². The van der Waals surface area contributed by atoms with Gasteiger partial charge in [0, 0.05) is 24.1 Å². The molecule has 1 heterocycles. The number of aliphatic imine (C=N–C) groups is 1. The van der Waals surface area contributed by atoms with Gasteiger partial charge in [0.05, 0.1) is 0 Å². The van der Waals surface area contributed by atoms with Crippen molar-refractivity contribution in [2.45, 2.75) is 17.7 Å². The molecule has 0 fully saturated rings. The molecule has 0 atom stereocenters. The Labute approximate surface area is 140 Å².